The van der Waals surface area contributed by atoms with E-state index in [1.807, 2.05) is 0 Å². The Hall–Kier alpha value is -1.33. The molecule has 0 aromatic rings. The summed E-state index contributed by atoms with van der Waals surface area (Å²) in [6.45, 7) is 2.10. The zero-order valence-corrected chi connectivity index (χ0v) is 16.0. The number of hydrogen-bond donors (Lipinski definition) is 0. The number of rotatable bonds is 4. The van der Waals surface area contributed by atoms with E-state index >= 15 is 0 Å². The molecule has 2 atom stereocenters. The SMILES string of the molecule is CC(C)(C)OC(=O)N1C[C@@H](OS(=O)(=O)C(F)(F)F)[C@H](OS(=O)(=O)C(F)(F)F)C1. The van der Waals surface area contributed by atoms with Crippen LogP contribution in [0, 0.1) is 0 Å². The van der Waals surface area contributed by atoms with E-state index < -0.39 is 68.2 Å². The average Bonchev–Trinajstić information content (AvgIpc) is 2.76. The van der Waals surface area contributed by atoms with Crippen LogP contribution in [-0.4, -0.2) is 69.7 Å². The monoisotopic (exact) mass is 467 g/mol. The Morgan fingerprint density at radius 3 is 1.39 bits per heavy atom. The van der Waals surface area contributed by atoms with Gasteiger partial charge in [-0.15, -0.1) is 0 Å². The molecule has 0 N–H and O–H groups in total. The topological polar surface area (TPSA) is 116 Å². The van der Waals surface area contributed by atoms with Crippen LogP contribution in [-0.2, 0) is 33.3 Å². The van der Waals surface area contributed by atoms with Gasteiger partial charge in [-0.3, -0.25) is 8.37 Å². The summed E-state index contributed by atoms with van der Waals surface area (Å²) in [4.78, 5) is 12.4. The van der Waals surface area contributed by atoms with Gasteiger partial charge in [0.1, 0.15) is 17.8 Å². The maximum atomic E-state index is 12.5. The van der Waals surface area contributed by atoms with Crippen molar-refractivity contribution >= 4 is 26.3 Å². The van der Waals surface area contributed by atoms with Crippen LogP contribution in [0.15, 0.2) is 0 Å². The molecule has 0 spiro atoms. The third-order valence-corrected chi connectivity index (χ3v) is 5.07. The van der Waals surface area contributed by atoms with Gasteiger partial charge in [0.15, 0.2) is 0 Å². The Labute approximate surface area is 155 Å². The molecule has 1 saturated heterocycles. The molecule has 0 aliphatic carbocycles. The zero-order chi connectivity index (χ0) is 22.3. The third-order valence-electron chi connectivity index (χ3n) is 2.93. The molecule has 0 aromatic heterocycles. The lowest BCUT2D eigenvalue weighted by Gasteiger charge is -2.24. The largest absolute Gasteiger partial charge is 0.523 e. The van der Waals surface area contributed by atoms with E-state index in [0.29, 0.717) is 4.90 Å². The van der Waals surface area contributed by atoms with Crippen molar-refractivity contribution in [3.8, 4) is 0 Å². The van der Waals surface area contributed by atoms with Crippen LogP contribution in [0.3, 0.4) is 0 Å². The maximum Gasteiger partial charge on any atom is 0.523 e. The normalized spacial score (nSPS) is 22.4. The first-order valence-electron chi connectivity index (χ1n) is 7.13. The summed E-state index contributed by atoms with van der Waals surface area (Å²) in [5.41, 5.74) is -13.0. The highest BCUT2D eigenvalue weighted by atomic mass is 32.2. The molecule has 166 valence electrons. The molecule has 1 heterocycles. The lowest BCUT2D eigenvalue weighted by atomic mass is 10.2. The standard InChI is InChI=1S/C11H15F6NO8S2/c1-9(2,3)24-8(19)18-4-6(25-27(20,21)10(12,13)14)7(5-18)26-28(22,23)11(15,16)17/h6-7H,4-5H2,1-3H3/t6-,7-/m1/s1. The van der Waals surface area contributed by atoms with Gasteiger partial charge in [0.25, 0.3) is 0 Å². The van der Waals surface area contributed by atoms with E-state index in [1.54, 1.807) is 0 Å². The van der Waals surface area contributed by atoms with Crippen LogP contribution < -0.4 is 0 Å². The molecule has 28 heavy (non-hydrogen) atoms. The molecular formula is C11H15F6NO8S2. The fourth-order valence-electron chi connectivity index (χ4n) is 1.84. The molecule has 9 nitrogen and oxygen atoms in total. The number of ether oxygens (including phenoxy) is 1. The van der Waals surface area contributed by atoms with Gasteiger partial charge < -0.3 is 9.64 Å². The van der Waals surface area contributed by atoms with Crippen LogP contribution in [0.25, 0.3) is 0 Å². The van der Waals surface area contributed by atoms with E-state index in [0.717, 1.165) is 0 Å². The van der Waals surface area contributed by atoms with Crippen molar-refractivity contribution in [2.45, 2.75) is 49.6 Å². The van der Waals surface area contributed by atoms with Crippen molar-refractivity contribution in [2.75, 3.05) is 13.1 Å². The summed E-state index contributed by atoms with van der Waals surface area (Å²) < 4.78 is 132. The van der Waals surface area contributed by atoms with Crippen LogP contribution >= 0.6 is 0 Å². The first-order valence-corrected chi connectivity index (χ1v) is 9.95. The van der Waals surface area contributed by atoms with E-state index in [9.17, 15) is 48.0 Å². The molecule has 0 bridgehead atoms. The predicted octanol–water partition coefficient (Wildman–Crippen LogP) is 1.71. The van der Waals surface area contributed by atoms with Crippen LogP contribution in [0.1, 0.15) is 20.8 Å². The molecule has 0 radical (unpaired) electrons. The summed E-state index contributed by atoms with van der Waals surface area (Å²) in [7, 11) is -12.6. The first kappa shape index (κ1) is 24.7. The molecule has 17 heteroatoms. The van der Waals surface area contributed by atoms with Crippen molar-refractivity contribution in [1.29, 1.82) is 0 Å². The molecule has 1 aliphatic rings. The van der Waals surface area contributed by atoms with Gasteiger partial charge in [-0.1, -0.05) is 0 Å². The molecule has 0 aromatic carbocycles. The van der Waals surface area contributed by atoms with E-state index in [-0.39, 0.29) is 0 Å². The predicted molar refractivity (Wildman–Crippen MR) is 77.5 cm³/mol. The molecule has 0 saturated carbocycles. The number of nitrogens with zero attached hydrogens (tertiary/aromatic N) is 1. The lowest BCUT2D eigenvalue weighted by Crippen LogP contribution is -2.40. The molecule has 1 rings (SSSR count). The first-order chi connectivity index (χ1) is 12.2. The molecule has 1 aliphatic heterocycles. The summed E-state index contributed by atoms with van der Waals surface area (Å²) in [6, 6.07) is 0. The Morgan fingerprint density at radius 2 is 1.14 bits per heavy atom. The zero-order valence-electron chi connectivity index (χ0n) is 14.4. The Balaban J connectivity index is 3.15. The Kier molecular flexibility index (Phi) is 6.61. The number of halogens is 6. The quantitative estimate of drug-likeness (QED) is 0.349. The highest BCUT2D eigenvalue weighted by molar-refractivity contribution is 7.88. The number of amides is 1. The van der Waals surface area contributed by atoms with Crippen molar-refractivity contribution in [1.82, 2.24) is 4.90 Å². The second-order valence-electron chi connectivity index (χ2n) is 6.45. The Morgan fingerprint density at radius 1 is 0.821 bits per heavy atom. The minimum absolute atomic E-state index is 0.457. The van der Waals surface area contributed by atoms with Gasteiger partial charge in [0.2, 0.25) is 0 Å². The number of likely N-dealkylation sites (tertiary alicyclic amines) is 1. The second-order valence-corrected chi connectivity index (χ2v) is 9.58. The highest BCUT2D eigenvalue weighted by Gasteiger charge is 2.55. The fraction of sp³-hybridized carbons (Fsp3) is 0.909. The van der Waals surface area contributed by atoms with Gasteiger partial charge >= 0.3 is 37.3 Å². The van der Waals surface area contributed by atoms with Gasteiger partial charge in [-0.2, -0.15) is 43.2 Å². The minimum Gasteiger partial charge on any atom is -0.444 e. The van der Waals surface area contributed by atoms with Gasteiger partial charge in [0.05, 0.1) is 13.1 Å². The fourth-order valence-corrected chi connectivity index (χ4v) is 3.08. The van der Waals surface area contributed by atoms with Crippen LogP contribution in [0.2, 0.25) is 0 Å². The number of hydrogen-bond acceptors (Lipinski definition) is 8. The second kappa shape index (κ2) is 7.49. The van der Waals surface area contributed by atoms with Crippen molar-refractivity contribution < 1.29 is 61.1 Å². The number of alkyl halides is 6. The lowest BCUT2D eigenvalue weighted by molar-refractivity contribution is -0.0665. The Bertz CT molecular complexity index is 744. The van der Waals surface area contributed by atoms with E-state index in [1.165, 1.54) is 20.8 Å². The van der Waals surface area contributed by atoms with Crippen LogP contribution in [0.4, 0.5) is 31.1 Å². The van der Waals surface area contributed by atoms with Crippen molar-refractivity contribution in [3.05, 3.63) is 0 Å². The number of carbonyl (C=O) groups excluding carboxylic acids is 1. The molecular weight excluding hydrogens is 452 g/mol. The third kappa shape index (κ3) is 6.08. The number of carbonyl (C=O) groups is 1. The van der Waals surface area contributed by atoms with Crippen molar-refractivity contribution in [2.24, 2.45) is 0 Å². The molecule has 0 unspecified atom stereocenters. The minimum atomic E-state index is -6.32. The molecule has 1 fully saturated rings. The van der Waals surface area contributed by atoms with Gasteiger partial charge in [-0.05, 0) is 20.8 Å². The van der Waals surface area contributed by atoms with Crippen LogP contribution in [0.5, 0.6) is 0 Å². The molecule has 1 amide bonds. The van der Waals surface area contributed by atoms with E-state index in [4.69, 9.17) is 4.74 Å². The van der Waals surface area contributed by atoms with Gasteiger partial charge in [-0.25, -0.2) is 4.79 Å². The summed E-state index contributed by atoms with van der Waals surface area (Å²) in [6.07, 6.45) is -6.05. The van der Waals surface area contributed by atoms with Crippen molar-refractivity contribution in [3.63, 3.8) is 0 Å². The average molecular weight is 467 g/mol. The summed E-state index contributed by atoms with van der Waals surface area (Å²) in [5, 5.41) is 0. The maximum absolute atomic E-state index is 12.5. The van der Waals surface area contributed by atoms with Gasteiger partial charge in [0, 0.05) is 0 Å². The van der Waals surface area contributed by atoms with E-state index in [2.05, 4.69) is 8.37 Å². The summed E-state index contributed by atoms with van der Waals surface area (Å²) >= 11 is 0. The smallest absolute Gasteiger partial charge is 0.444 e. The highest BCUT2D eigenvalue weighted by Crippen LogP contribution is 2.32. The summed E-state index contributed by atoms with van der Waals surface area (Å²) in [5.74, 6) is 0.